The van der Waals surface area contributed by atoms with Crippen molar-refractivity contribution in [1.29, 1.82) is 0 Å². The first kappa shape index (κ1) is 14.4. The Hall–Kier alpha value is -0.570. The molecule has 0 aliphatic heterocycles. The average Bonchev–Trinajstić information content (AvgIpc) is 2.26. The van der Waals surface area contributed by atoms with Gasteiger partial charge < -0.3 is 10.6 Å². The summed E-state index contributed by atoms with van der Waals surface area (Å²) >= 11 is 0. The van der Waals surface area contributed by atoms with E-state index in [4.69, 9.17) is 0 Å². The van der Waals surface area contributed by atoms with E-state index < -0.39 is 0 Å². The molecule has 0 aliphatic carbocycles. The summed E-state index contributed by atoms with van der Waals surface area (Å²) in [6, 6.07) is -0.0642. The second-order valence-corrected chi connectivity index (χ2v) is 4.06. The van der Waals surface area contributed by atoms with Crippen LogP contribution in [0.4, 0.5) is 0 Å². The molecule has 0 radical (unpaired) electrons. The van der Waals surface area contributed by atoms with Gasteiger partial charge in [0.25, 0.3) is 0 Å². The molecule has 0 fully saturated rings. The summed E-state index contributed by atoms with van der Waals surface area (Å²) in [5, 5.41) is 5.84. The Bertz CT molecular complexity index is 160. The lowest BCUT2D eigenvalue weighted by molar-refractivity contribution is -0.122. The minimum Gasteiger partial charge on any atom is -0.358 e. The molecule has 1 amide bonds. The van der Waals surface area contributed by atoms with Crippen LogP contribution in [0.15, 0.2) is 0 Å². The van der Waals surface area contributed by atoms with Crippen molar-refractivity contribution in [3.05, 3.63) is 0 Å². The van der Waals surface area contributed by atoms with Crippen molar-refractivity contribution in [2.24, 2.45) is 0 Å². The second kappa shape index (κ2) is 9.97. The number of carbonyl (C=O) groups is 1. The summed E-state index contributed by atoms with van der Waals surface area (Å²) in [4.78, 5) is 11.1. The third-order valence-electron chi connectivity index (χ3n) is 2.62. The average molecular weight is 214 g/mol. The lowest BCUT2D eigenvalue weighted by atomic mass is 10.1. The molecule has 1 atom stereocenters. The van der Waals surface area contributed by atoms with E-state index in [1.807, 2.05) is 6.92 Å². The number of hydrogen-bond donors (Lipinski definition) is 2. The van der Waals surface area contributed by atoms with Gasteiger partial charge in [-0.15, -0.1) is 0 Å². The number of likely N-dealkylation sites (N-methyl/N-ethyl adjacent to an activating group) is 1. The molecule has 1 unspecified atom stereocenters. The van der Waals surface area contributed by atoms with Gasteiger partial charge in [0.15, 0.2) is 0 Å². The molecule has 0 spiro atoms. The molecule has 3 heteroatoms. The first-order valence-electron chi connectivity index (χ1n) is 6.17. The Labute approximate surface area is 94.0 Å². The van der Waals surface area contributed by atoms with Gasteiger partial charge in [-0.1, -0.05) is 39.0 Å². The number of hydrogen-bond acceptors (Lipinski definition) is 2. The highest BCUT2D eigenvalue weighted by molar-refractivity contribution is 5.80. The highest BCUT2D eigenvalue weighted by Crippen LogP contribution is 2.04. The molecule has 90 valence electrons. The number of rotatable bonds is 9. The first-order chi connectivity index (χ1) is 7.22. The quantitative estimate of drug-likeness (QED) is 0.577. The van der Waals surface area contributed by atoms with Gasteiger partial charge in [-0.3, -0.25) is 4.79 Å². The topological polar surface area (TPSA) is 41.1 Å². The molecule has 3 nitrogen and oxygen atoms in total. The molecule has 0 aliphatic rings. The molecule has 0 aromatic carbocycles. The number of carbonyl (C=O) groups excluding carboxylic acids is 1. The zero-order valence-electron chi connectivity index (χ0n) is 10.4. The second-order valence-electron chi connectivity index (χ2n) is 4.06. The van der Waals surface area contributed by atoms with E-state index in [0.29, 0.717) is 0 Å². The summed E-state index contributed by atoms with van der Waals surface area (Å²) in [5.41, 5.74) is 0. The Morgan fingerprint density at radius 1 is 1.13 bits per heavy atom. The standard InChI is InChI=1S/C12H26N2O/c1-4-5-6-7-8-9-10-14-11(2)12(15)13-3/h11,14H,4-10H2,1-3H3,(H,13,15). The normalized spacial score (nSPS) is 12.5. The molecular formula is C12H26N2O. The highest BCUT2D eigenvalue weighted by Gasteiger charge is 2.08. The highest BCUT2D eigenvalue weighted by atomic mass is 16.2. The van der Waals surface area contributed by atoms with Crippen LogP contribution >= 0.6 is 0 Å². The van der Waals surface area contributed by atoms with E-state index in [0.717, 1.165) is 6.54 Å². The van der Waals surface area contributed by atoms with Crippen molar-refractivity contribution >= 4 is 5.91 Å². The van der Waals surface area contributed by atoms with Crippen LogP contribution in [0.2, 0.25) is 0 Å². The predicted octanol–water partition coefficient (Wildman–Crippen LogP) is 2.07. The molecule has 0 aromatic rings. The van der Waals surface area contributed by atoms with Gasteiger partial charge in [-0.25, -0.2) is 0 Å². The van der Waals surface area contributed by atoms with Crippen molar-refractivity contribution in [3.63, 3.8) is 0 Å². The van der Waals surface area contributed by atoms with E-state index in [1.165, 1.54) is 38.5 Å². The maximum atomic E-state index is 11.1. The lowest BCUT2D eigenvalue weighted by Crippen LogP contribution is -2.40. The van der Waals surface area contributed by atoms with Crippen LogP contribution < -0.4 is 10.6 Å². The summed E-state index contributed by atoms with van der Waals surface area (Å²) in [7, 11) is 1.67. The largest absolute Gasteiger partial charge is 0.358 e. The van der Waals surface area contributed by atoms with Crippen LogP contribution in [0.25, 0.3) is 0 Å². The van der Waals surface area contributed by atoms with Crippen molar-refractivity contribution in [2.75, 3.05) is 13.6 Å². The molecule has 15 heavy (non-hydrogen) atoms. The van der Waals surface area contributed by atoms with Gasteiger partial charge in [-0.2, -0.15) is 0 Å². The zero-order valence-corrected chi connectivity index (χ0v) is 10.4. The Morgan fingerprint density at radius 3 is 2.33 bits per heavy atom. The van der Waals surface area contributed by atoms with Gasteiger partial charge in [0.1, 0.15) is 0 Å². The van der Waals surface area contributed by atoms with Gasteiger partial charge >= 0.3 is 0 Å². The van der Waals surface area contributed by atoms with Gasteiger partial charge in [0.05, 0.1) is 6.04 Å². The van der Waals surface area contributed by atoms with E-state index in [2.05, 4.69) is 17.6 Å². The van der Waals surface area contributed by atoms with Crippen LogP contribution in [0.3, 0.4) is 0 Å². The minimum absolute atomic E-state index is 0.0642. The maximum absolute atomic E-state index is 11.1. The van der Waals surface area contributed by atoms with Crippen LogP contribution in [-0.2, 0) is 4.79 Å². The minimum atomic E-state index is -0.0642. The molecule has 0 saturated heterocycles. The summed E-state index contributed by atoms with van der Waals surface area (Å²) in [5.74, 6) is 0.0704. The molecule has 0 aromatic heterocycles. The Kier molecular flexibility index (Phi) is 9.59. The summed E-state index contributed by atoms with van der Waals surface area (Å²) in [6.07, 6.45) is 7.76. The number of nitrogens with one attached hydrogen (secondary N) is 2. The fraction of sp³-hybridized carbons (Fsp3) is 0.917. The molecule has 2 N–H and O–H groups in total. The van der Waals surface area contributed by atoms with Crippen molar-refractivity contribution in [3.8, 4) is 0 Å². The molecule has 0 rings (SSSR count). The predicted molar refractivity (Wildman–Crippen MR) is 64.9 cm³/mol. The fourth-order valence-electron chi connectivity index (χ4n) is 1.53. The fourth-order valence-corrected chi connectivity index (χ4v) is 1.53. The Balaban J connectivity index is 3.20. The maximum Gasteiger partial charge on any atom is 0.236 e. The lowest BCUT2D eigenvalue weighted by Gasteiger charge is -2.11. The van der Waals surface area contributed by atoms with Crippen LogP contribution in [0, 0.1) is 0 Å². The molecule has 0 heterocycles. The SMILES string of the molecule is CCCCCCCCNC(C)C(=O)NC. The summed E-state index contributed by atoms with van der Waals surface area (Å²) in [6.45, 7) is 5.07. The van der Waals surface area contributed by atoms with Gasteiger partial charge in [0, 0.05) is 7.05 Å². The van der Waals surface area contributed by atoms with Crippen LogP contribution in [0.1, 0.15) is 52.4 Å². The third-order valence-corrected chi connectivity index (χ3v) is 2.62. The number of amides is 1. The van der Waals surface area contributed by atoms with Crippen molar-refractivity contribution in [1.82, 2.24) is 10.6 Å². The monoisotopic (exact) mass is 214 g/mol. The molecular weight excluding hydrogens is 188 g/mol. The van der Waals surface area contributed by atoms with Crippen molar-refractivity contribution in [2.45, 2.75) is 58.4 Å². The van der Waals surface area contributed by atoms with E-state index in [1.54, 1.807) is 7.05 Å². The number of unbranched alkanes of at least 4 members (excludes halogenated alkanes) is 5. The third kappa shape index (κ3) is 8.43. The van der Waals surface area contributed by atoms with E-state index in [-0.39, 0.29) is 11.9 Å². The van der Waals surface area contributed by atoms with Crippen LogP contribution in [-0.4, -0.2) is 25.5 Å². The van der Waals surface area contributed by atoms with Crippen molar-refractivity contribution < 1.29 is 4.79 Å². The van der Waals surface area contributed by atoms with Gasteiger partial charge in [-0.05, 0) is 19.9 Å². The van der Waals surface area contributed by atoms with E-state index in [9.17, 15) is 4.79 Å². The first-order valence-corrected chi connectivity index (χ1v) is 6.17. The van der Waals surface area contributed by atoms with Crippen LogP contribution in [0.5, 0.6) is 0 Å². The summed E-state index contributed by atoms with van der Waals surface area (Å²) < 4.78 is 0. The Morgan fingerprint density at radius 2 is 1.73 bits per heavy atom. The smallest absolute Gasteiger partial charge is 0.236 e. The van der Waals surface area contributed by atoms with E-state index >= 15 is 0 Å². The molecule has 0 saturated carbocycles. The van der Waals surface area contributed by atoms with Gasteiger partial charge in [0.2, 0.25) is 5.91 Å². The molecule has 0 bridgehead atoms. The zero-order chi connectivity index (χ0) is 11.5.